The lowest BCUT2D eigenvalue weighted by Gasteiger charge is -2.34. The third-order valence-electron chi connectivity index (χ3n) is 5.35. The van der Waals surface area contributed by atoms with Crippen molar-refractivity contribution < 1.29 is 19.1 Å². The maximum atomic E-state index is 12.6. The first-order chi connectivity index (χ1) is 9.88. The second-order valence-electron chi connectivity index (χ2n) is 6.40. The Labute approximate surface area is 126 Å². The molecule has 2 rings (SSSR count). The Hall–Kier alpha value is -1.58. The van der Waals surface area contributed by atoms with Crippen LogP contribution in [0.3, 0.4) is 0 Å². The van der Waals surface area contributed by atoms with E-state index in [-0.39, 0.29) is 17.8 Å². The maximum Gasteiger partial charge on any atom is 0.324 e. The van der Waals surface area contributed by atoms with Gasteiger partial charge in [0.15, 0.2) is 5.41 Å². The van der Waals surface area contributed by atoms with Crippen molar-refractivity contribution in [1.29, 1.82) is 0 Å². The van der Waals surface area contributed by atoms with Crippen LogP contribution < -0.4 is 0 Å². The zero-order chi connectivity index (χ0) is 15.8. The van der Waals surface area contributed by atoms with Crippen LogP contribution in [0.4, 0.5) is 0 Å². The van der Waals surface area contributed by atoms with Crippen molar-refractivity contribution in [2.24, 2.45) is 23.2 Å². The van der Waals surface area contributed by atoms with Crippen LogP contribution in [0.1, 0.15) is 33.1 Å². The van der Waals surface area contributed by atoms with Gasteiger partial charge in [-0.1, -0.05) is 26.0 Å². The van der Waals surface area contributed by atoms with Crippen LogP contribution in [-0.2, 0) is 19.1 Å². The van der Waals surface area contributed by atoms with Gasteiger partial charge >= 0.3 is 11.9 Å². The first kappa shape index (κ1) is 15.8. The Balaban J connectivity index is 2.51. The molecule has 0 aromatic carbocycles. The highest BCUT2D eigenvalue weighted by atomic mass is 16.6. The Bertz CT molecular complexity index is 463. The molecule has 1 aliphatic carbocycles. The summed E-state index contributed by atoms with van der Waals surface area (Å²) in [5.41, 5.74) is -1.92. The van der Waals surface area contributed by atoms with Crippen molar-refractivity contribution in [3.63, 3.8) is 0 Å². The average molecular weight is 292 g/mol. The number of carbonyl (C=O) groups is 2. The number of methoxy groups -OCH3 is 1. The smallest absolute Gasteiger partial charge is 0.324 e. The molecule has 1 aliphatic heterocycles. The van der Waals surface area contributed by atoms with Crippen LogP contribution in [-0.4, -0.2) is 24.6 Å². The second kappa shape index (κ2) is 5.32. The summed E-state index contributed by atoms with van der Waals surface area (Å²) >= 11 is 0. The Morgan fingerprint density at radius 2 is 1.86 bits per heavy atom. The van der Waals surface area contributed by atoms with E-state index in [1.54, 1.807) is 0 Å². The standard InChI is InChI=1S/C17H24O4/c1-6-12-8-9-13(7-2)17(12)10-16(11(3)4,14(18)20-5)15(19)21-17/h6-7,11-13H,1-2,8-10H2,3-5H3/t12-,13-,16-/m0/s1. The number of esters is 2. The average Bonchev–Trinajstić information content (AvgIpc) is 2.96. The molecule has 1 saturated carbocycles. The molecule has 1 heterocycles. The zero-order valence-corrected chi connectivity index (χ0v) is 13.1. The van der Waals surface area contributed by atoms with Crippen molar-refractivity contribution in [2.75, 3.05) is 7.11 Å². The van der Waals surface area contributed by atoms with Crippen LogP contribution in [0.25, 0.3) is 0 Å². The van der Waals surface area contributed by atoms with Gasteiger partial charge in [-0.25, -0.2) is 0 Å². The molecule has 4 heteroatoms. The van der Waals surface area contributed by atoms with Gasteiger partial charge in [-0.05, 0) is 18.8 Å². The second-order valence-corrected chi connectivity index (χ2v) is 6.40. The van der Waals surface area contributed by atoms with Crippen LogP contribution in [0.15, 0.2) is 25.3 Å². The van der Waals surface area contributed by atoms with Crippen LogP contribution >= 0.6 is 0 Å². The predicted octanol–water partition coefficient (Wildman–Crippen LogP) is 2.89. The zero-order valence-electron chi connectivity index (χ0n) is 13.1. The minimum absolute atomic E-state index is 0.0507. The topological polar surface area (TPSA) is 52.6 Å². The molecule has 0 N–H and O–H groups in total. The maximum absolute atomic E-state index is 12.6. The summed E-state index contributed by atoms with van der Waals surface area (Å²) < 4.78 is 10.8. The van der Waals surface area contributed by atoms with Crippen molar-refractivity contribution in [1.82, 2.24) is 0 Å². The summed E-state index contributed by atoms with van der Waals surface area (Å²) in [6.45, 7) is 11.5. The number of rotatable bonds is 4. The third kappa shape index (κ3) is 1.95. The van der Waals surface area contributed by atoms with Gasteiger partial charge < -0.3 is 9.47 Å². The molecule has 3 atom stereocenters. The summed E-state index contributed by atoms with van der Waals surface area (Å²) in [7, 11) is 1.31. The number of hydrogen-bond donors (Lipinski definition) is 0. The van der Waals surface area contributed by atoms with Crippen molar-refractivity contribution in [3.8, 4) is 0 Å². The third-order valence-corrected chi connectivity index (χ3v) is 5.35. The SMILES string of the molecule is C=C[C@H]1CC[C@H](C=C)C12C[C@@](C(=O)OC)(C(C)C)C(=O)O2. The van der Waals surface area contributed by atoms with Gasteiger partial charge in [0.05, 0.1) is 7.11 Å². The molecule has 0 unspecified atom stereocenters. The van der Waals surface area contributed by atoms with Gasteiger partial charge in [-0.2, -0.15) is 0 Å². The highest BCUT2D eigenvalue weighted by Gasteiger charge is 2.68. The summed E-state index contributed by atoms with van der Waals surface area (Å²) in [5.74, 6) is -1.06. The molecule has 1 saturated heterocycles. The van der Waals surface area contributed by atoms with Gasteiger partial charge in [0.25, 0.3) is 0 Å². The quantitative estimate of drug-likeness (QED) is 0.454. The van der Waals surface area contributed by atoms with E-state index in [4.69, 9.17) is 9.47 Å². The minimum atomic E-state index is -1.22. The molecule has 2 aliphatic rings. The molecule has 0 bridgehead atoms. The molecule has 116 valence electrons. The van der Waals surface area contributed by atoms with E-state index in [1.807, 2.05) is 26.0 Å². The van der Waals surface area contributed by atoms with Gasteiger partial charge in [-0.3, -0.25) is 9.59 Å². The molecular weight excluding hydrogens is 268 g/mol. The van der Waals surface area contributed by atoms with E-state index in [2.05, 4.69) is 13.2 Å². The minimum Gasteiger partial charge on any atom is -0.468 e. The van der Waals surface area contributed by atoms with Gasteiger partial charge in [0, 0.05) is 18.3 Å². The lowest BCUT2D eigenvalue weighted by Crippen LogP contribution is -2.43. The molecule has 1 spiro atoms. The Morgan fingerprint density at radius 1 is 1.33 bits per heavy atom. The van der Waals surface area contributed by atoms with E-state index in [0.717, 1.165) is 12.8 Å². The molecule has 0 radical (unpaired) electrons. The fourth-order valence-corrected chi connectivity index (χ4v) is 3.99. The molecule has 2 fully saturated rings. The molecule has 0 aromatic heterocycles. The summed E-state index contributed by atoms with van der Waals surface area (Å²) in [5, 5.41) is 0. The fraction of sp³-hybridized carbons (Fsp3) is 0.647. The Morgan fingerprint density at radius 3 is 2.24 bits per heavy atom. The van der Waals surface area contributed by atoms with Crippen molar-refractivity contribution >= 4 is 11.9 Å². The van der Waals surface area contributed by atoms with Gasteiger partial charge in [0.2, 0.25) is 0 Å². The van der Waals surface area contributed by atoms with Crippen LogP contribution in [0, 0.1) is 23.2 Å². The van der Waals surface area contributed by atoms with E-state index in [9.17, 15) is 9.59 Å². The van der Waals surface area contributed by atoms with Crippen LogP contribution in [0.5, 0.6) is 0 Å². The van der Waals surface area contributed by atoms with E-state index in [0.29, 0.717) is 6.42 Å². The normalized spacial score (nSPS) is 34.0. The van der Waals surface area contributed by atoms with Crippen LogP contribution in [0.2, 0.25) is 0 Å². The number of ether oxygens (including phenoxy) is 2. The summed E-state index contributed by atoms with van der Waals surface area (Å²) in [6, 6.07) is 0. The largest absolute Gasteiger partial charge is 0.468 e. The van der Waals surface area contributed by atoms with E-state index >= 15 is 0 Å². The lowest BCUT2D eigenvalue weighted by atomic mass is 9.68. The first-order valence-corrected chi connectivity index (χ1v) is 7.46. The van der Waals surface area contributed by atoms with Gasteiger partial charge in [0.1, 0.15) is 5.60 Å². The molecule has 0 amide bonds. The summed E-state index contributed by atoms with van der Waals surface area (Å²) in [6.07, 6.45) is 5.80. The highest BCUT2D eigenvalue weighted by Crippen LogP contribution is 2.58. The van der Waals surface area contributed by atoms with Crippen molar-refractivity contribution in [2.45, 2.75) is 38.7 Å². The summed E-state index contributed by atoms with van der Waals surface area (Å²) in [4.78, 5) is 25.0. The molecular formula is C17H24O4. The van der Waals surface area contributed by atoms with Crippen molar-refractivity contribution in [3.05, 3.63) is 25.3 Å². The van der Waals surface area contributed by atoms with E-state index in [1.165, 1.54) is 7.11 Å². The van der Waals surface area contributed by atoms with E-state index < -0.39 is 23.0 Å². The highest BCUT2D eigenvalue weighted by molar-refractivity contribution is 6.02. The molecule has 4 nitrogen and oxygen atoms in total. The Kier molecular flexibility index (Phi) is 4.00. The predicted molar refractivity (Wildman–Crippen MR) is 79.3 cm³/mol. The van der Waals surface area contributed by atoms with Gasteiger partial charge in [-0.15, -0.1) is 13.2 Å². The number of hydrogen-bond acceptors (Lipinski definition) is 4. The first-order valence-electron chi connectivity index (χ1n) is 7.46. The fourth-order valence-electron chi connectivity index (χ4n) is 3.99. The molecule has 0 aromatic rings. The molecule has 21 heavy (non-hydrogen) atoms. The number of carbonyl (C=O) groups excluding carboxylic acids is 2. The monoisotopic (exact) mass is 292 g/mol. The lowest BCUT2D eigenvalue weighted by molar-refractivity contribution is -0.168.